The van der Waals surface area contributed by atoms with Gasteiger partial charge in [-0.3, -0.25) is 4.79 Å². The van der Waals surface area contributed by atoms with Crippen molar-refractivity contribution in [2.24, 2.45) is 17.8 Å². The molecule has 1 aliphatic heterocycles. The van der Waals surface area contributed by atoms with Gasteiger partial charge in [-0.05, 0) is 32.3 Å². The van der Waals surface area contributed by atoms with E-state index in [9.17, 15) is 40.2 Å². The number of aliphatic hydroxyl groups excluding tert-OH is 5. The Labute approximate surface area is 270 Å². The second-order valence-corrected chi connectivity index (χ2v) is 11.7. The fraction of sp³-hybridized carbons (Fsp3) is 0.444. The molecule has 0 aromatic carbocycles. The first-order valence-corrected chi connectivity index (χ1v) is 15.4. The molecule has 10 heteroatoms. The Bertz CT molecular complexity index is 1390. The molecule has 0 radical (unpaired) electrons. The van der Waals surface area contributed by atoms with Crippen molar-refractivity contribution in [3.05, 3.63) is 106 Å². The standard InChI is InChI=1S/C36H48O10/c1-22(18-24(3)31(40)25(4)19-23(2)26(5)38)16-14-12-10-8-6-7-9-11-13-15-17-27-20-28(39)30(36(44)45-27)35-34(43)33(42)32(41)29(21-37)46-35/h6-18,20,23-26,29,32-35,37-39,41-43H,19,21H2,1-5H3/b8-6+,9-7+,12-10+,13-11+,16-14+,17-15+,22-18+/t23-,24+,25+,26+,29-,32-,33+,34-,35+/m1/s1. The monoisotopic (exact) mass is 640 g/mol. The number of allylic oxidation sites excluding steroid dienone is 13. The Hall–Kier alpha value is -3.64. The summed E-state index contributed by atoms with van der Waals surface area (Å²) in [5, 5.41) is 59.6. The number of hydrogen-bond donors (Lipinski definition) is 6. The SMILES string of the molecule is CC(/C=C/C=C/C=C/C=C/C=C/C=C/c1cc(O)c([C@@H]2O[C@H](CO)[C@@H](O)[C@H](O)[C@H]2O)c(=O)o1)=C\[C@H](C)C(=O)[C@@H](C)C[C@@H](C)[C@H](C)O. The maximum Gasteiger partial charge on any atom is 0.345 e. The van der Waals surface area contributed by atoms with E-state index in [1.165, 1.54) is 6.08 Å². The van der Waals surface area contributed by atoms with Crippen LogP contribution in [0.4, 0.5) is 0 Å². The highest BCUT2D eigenvalue weighted by Gasteiger charge is 2.46. The van der Waals surface area contributed by atoms with Crippen molar-refractivity contribution in [1.29, 1.82) is 0 Å². The average molecular weight is 641 g/mol. The van der Waals surface area contributed by atoms with Crippen LogP contribution in [0.15, 0.2) is 93.8 Å². The maximum absolute atomic E-state index is 12.6. The van der Waals surface area contributed by atoms with Gasteiger partial charge in [0.25, 0.3) is 0 Å². The van der Waals surface area contributed by atoms with Crippen molar-refractivity contribution < 1.29 is 44.6 Å². The van der Waals surface area contributed by atoms with Crippen molar-refractivity contribution in [2.75, 3.05) is 6.61 Å². The number of hydrogen-bond acceptors (Lipinski definition) is 10. The number of rotatable bonds is 15. The van der Waals surface area contributed by atoms with Gasteiger partial charge in [-0.1, -0.05) is 99.3 Å². The summed E-state index contributed by atoms with van der Waals surface area (Å²) in [6.07, 6.45) is 15.8. The van der Waals surface area contributed by atoms with Gasteiger partial charge in [-0.15, -0.1) is 0 Å². The zero-order valence-corrected chi connectivity index (χ0v) is 27.0. The maximum atomic E-state index is 12.6. The number of ketones is 1. The van der Waals surface area contributed by atoms with Crippen LogP contribution in [-0.4, -0.2) is 73.5 Å². The molecule has 252 valence electrons. The number of aromatic hydroxyl groups is 1. The average Bonchev–Trinajstić information content (AvgIpc) is 3.00. The smallest absolute Gasteiger partial charge is 0.345 e. The van der Waals surface area contributed by atoms with Crippen LogP contribution < -0.4 is 5.63 Å². The first kappa shape index (κ1) is 38.5. The normalized spacial score (nSPS) is 25.9. The molecule has 2 heterocycles. The van der Waals surface area contributed by atoms with Crippen molar-refractivity contribution in [2.45, 2.75) is 77.7 Å². The lowest BCUT2D eigenvalue weighted by molar-refractivity contribution is -0.232. The molecule has 0 bridgehead atoms. The summed E-state index contributed by atoms with van der Waals surface area (Å²) in [6.45, 7) is 8.79. The van der Waals surface area contributed by atoms with Gasteiger partial charge >= 0.3 is 5.63 Å². The lowest BCUT2D eigenvalue weighted by atomic mass is 9.86. The van der Waals surface area contributed by atoms with E-state index in [2.05, 4.69) is 0 Å². The third-order valence-corrected chi connectivity index (χ3v) is 7.78. The largest absolute Gasteiger partial charge is 0.507 e. The van der Waals surface area contributed by atoms with Crippen molar-refractivity contribution in [3.63, 3.8) is 0 Å². The van der Waals surface area contributed by atoms with Crippen LogP contribution in [-0.2, 0) is 9.53 Å². The molecule has 9 atom stereocenters. The van der Waals surface area contributed by atoms with E-state index in [1.54, 1.807) is 31.2 Å². The summed E-state index contributed by atoms with van der Waals surface area (Å²) in [7, 11) is 0. The predicted octanol–water partition coefficient (Wildman–Crippen LogP) is 3.85. The van der Waals surface area contributed by atoms with Crippen molar-refractivity contribution in [1.82, 2.24) is 0 Å². The highest BCUT2D eigenvalue weighted by molar-refractivity contribution is 5.84. The molecule has 0 amide bonds. The van der Waals surface area contributed by atoms with Gasteiger partial charge in [0.05, 0.1) is 12.7 Å². The Morgan fingerprint density at radius 2 is 1.46 bits per heavy atom. The minimum absolute atomic E-state index is 0.0330. The molecule has 0 aliphatic carbocycles. The molecular weight excluding hydrogens is 592 g/mol. The van der Waals surface area contributed by atoms with Gasteiger partial charge in [-0.25, -0.2) is 4.79 Å². The second kappa shape index (κ2) is 19.1. The molecule has 2 rings (SSSR count). The molecule has 10 nitrogen and oxygen atoms in total. The lowest BCUT2D eigenvalue weighted by Gasteiger charge is -2.39. The summed E-state index contributed by atoms with van der Waals surface area (Å²) in [4.78, 5) is 25.2. The lowest BCUT2D eigenvalue weighted by Crippen LogP contribution is -2.55. The number of carbonyl (C=O) groups is 1. The molecule has 1 saturated heterocycles. The fourth-order valence-corrected chi connectivity index (χ4v) is 4.92. The van der Waals surface area contributed by atoms with Gasteiger partial charge in [0.2, 0.25) is 0 Å². The molecule has 0 spiro atoms. The van der Waals surface area contributed by atoms with Crippen LogP contribution in [0.1, 0.15) is 58.5 Å². The molecule has 1 aliphatic rings. The first-order chi connectivity index (χ1) is 21.8. The summed E-state index contributed by atoms with van der Waals surface area (Å²) >= 11 is 0. The Morgan fingerprint density at radius 3 is 2.00 bits per heavy atom. The second-order valence-electron chi connectivity index (χ2n) is 11.7. The van der Waals surface area contributed by atoms with Crippen LogP contribution in [0.5, 0.6) is 5.75 Å². The van der Waals surface area contributed by atoms with Crippen LogP contribution in [0.25, 0.3) is 6.08 Å². The molecule has 1 aromatic rings. The number of aliphatic hydroxyl groups is 5. The predicted molar refractivity (Wildman–Crippen MR) is 177 cm³/mol. The van der Waals surface area contributed by atoms with E-state index in [4.69, 9.17) is 9.15 Å². The topological polar surface area (TPSA) is 178 Å². The third-order valence-electron chi connectivity index (χ3n) is 7.78. The highest BCUT2D eigenvalue weighted by atomic mass is 16.5. The van der Waals surface area contributed by atoms with Gasteiger partial charge in [0.15, 0.2) is 0 Å². The fourth-order valence-electron chi connectivity index (χ4n) is 4.92. The highest BCUT2D eigenvalue weighted by Crippen LogP contribution is 2.35. The quantitative estimate of drug-likeness (QED) is 0.154. The van der Waals surface area contributed by atoms with Crippen LogP contribution in [0.3, 0.4) is 0 Å². The van der Waals surface area contributed by atoms with E-state index in [1.807, 2.05) is 76.3 Å². The molecular formula is C36H48O10. The van der Waals surface area contributed by atoms with E-state index < -0.39 is 60.2 Å². The summed E-state index contributed by atoms with van der Waals surface area (Å²) in [5.74, 6) is -0.559. The minimum Gasteiger partial charge on any atom is -0.507 e. The van der Waals surface area contributed by atoms with E-state index >= 15 is 0 Å². The first-order valence-electron chi connectivity index (χ1n) is 15.4. The zero-order chi connectivity index (χ0) is 34.4. The third kappa shape index (κ3) is 11.6. The Morgan fingerprint density at radius 1 is 0.891 bits per heavy atom. The summed E-state index contributed by atoms with van der Waals surface area (Å²) in [6, 6.07) is 1.15. The van der Waals surface area contributed by atoms with Crippen molar-refractivity contribution >= 4 is 11.9 Å². The van der Waals surface area contributed by atoms with Crippen LogP contribution >= 0.6 is 0 Å². The van der Waals surface area contributed by atoms with Gasteiger partial charge in [-0.2, -0.15) is 0 Å². The van der Waals surface area contributed by atoms with Gasteiger partial charge < -0.3 is 39.8 Å². The molecule has 6 N–H and O–H groups in total. The summed E-state index contributed by atoms with van der Waals surface area (Å²) in [5.41, 5.74) is -0.439. The number of ether oxygens (including phenoxy) is 1. The van der Waals surface area contributed by atoms with E-state index in [0.29, 0.717) is 6.42 Å². The number of carbonyl (C=O) groups excluding carboxylic acids is 1. The van der Waals surface area contributed by atoms with E-state index in [-0.39, 0.29) is 29.3 Å². The number of Topliss-reactive ketones (excluding diaryl/α,β-unsaturated/α-hetero) is 1. The van der Waals surface area contributed by atoms with Crippen molar-refractivity contribution in [3.8, 4) is 5.75 Å². The Kier molecular flexibility index (Phi) is 16.0. The van der Waals surface area contributed by atoms with Gasteiger partial charge in [0, 0.05) is 17.9 Å². The zero-order valence-electron chi connectivity index (χ0n) is 27.0. The molecule has 1 aromatic heterocycles. The molecule has 1 fully saturated rings. The van der Waals surface area contributed by atoms with E-state index in [0.717, 1.165) is 11.6 Å². The molecule has 46 heavy (non-hydrogen) atoms. The molecule has 0 saturated carbocycles. The van der Waals surface area contributed by atoms with Gasteiger partial charge in [0.1, 0.15) is 53.4 Å². The van der Waals surface area contributed by atoms with Crippen LogP contribution in [0, 0.1) is 17.8 Å². The minimum atomic E-state index is -1.73. The molecule has 0 unspecified atom stereocenters. The van der Waals surface area contributed by atoms with Crippen LogP contribution in [0.2, 0.25) is 0 Å². The summed E-state index contributed by atoms with van der Waals surface area (Å²) < 4.78 is 10.5. The Balaban J connectivity index is 1.85.